The van der Waals surface area contributed by atoms with E-state index in [2.05, 4.69) is 10.1 Å². The van der Waals surface area contributed by atoms with E-state index in [-0.39, 0.29) is 11.4 Å². The van der Waals surface area contributed by atoms with Gasteiger partial charge in [-0.15, -0.1) is 11.3 Å². The first-order valence-electron chi connectivity index (χ1n) is 11.2. The molecule has 188 valence electrons. The van der Waals surface area contributed by atoms with E-state index >= 15 is 0 Å². The van der Waals surface area contributed by atoms with Gasteiger partial charge in [0, 0.05) is 11.4 Å². The van der Waals surface area contributed by atoms with Crippen molar-refractivity contribution in [2.24, 2.45) is 10.1 Å². The molecule has 0 unspecified atom stereocenters. The second kappa shape index (κ2) is 11.2. The van der Waals surface area contributed by atoms with Crippen LogP contribution in [0, 0.1) is 5.41 Å². The topological polar surface area (TPSA) is 96.6 Å². The van der Waals surface area contributed by atoms with Gasteiger partial charge in [-0.25, -0.2) is 0 Å². The maximum absolute atomic E-state index is 12.7. The lowest BCUT2D eigenvalue weighted by molar-refractivity contribution is -0.114. The summed E-state index contributed by atoms with van der Waals surface area (Å²) in [6.45, 7) is 0.925. The van der Waals surface area contributed by atoms with Gasteiger partial charge in [0.25, 0.3) is 5.91 Å². The van der Waals surface area contributed by atoms with Crippen LogP contribution in [0.15, 0.2) is 75.6 Å². The zero-order chi connectivity index (χ0) is 25.8. The van der Waals surface area contributed by atoms with E-state index in [0.717, 1.165) is 10.6 Å². The number of rotatable bonds is 9. The number of hydrazone groups is 1. The summed E-state index contributed by atoms with van der Waals surface area (Å²) in [6.07, 6.45) is 2.28. The zero-order valence-electron chi connectivity index (χ0n) is 19.6. The number of hydrogen-bond donors (Lipinski definition) is 1. The van der Waals surface area contributed by atoms with E-state index in [1.54, 1.807) is 54.9 Å². The maximum atomic E-state index is 12.7. The van der Waals surface area contributed by atoms with Crippen molar-refractivity contribution in [3.63, 3.8) is 0 Å². The molecule has 0 bridgehead atoms. The van der Waals surface area contributed by atoms with Crippen LogP contribution >= 0.6 is 34.7 Å². The third-order valence-corrected chi connectivity index (χ3v) is 7.51. The summed E-state index contributed by atoms with van der Waals surface area (Å²) in [5.74, 6) is 1.34. The molecule has 0 spiro atoms. The van der Waals surface area contributed by atoms with Crippen molar-refractivity contribution in [3.8, 4) is 17.2 Å². The van der Waals surface area contributed by atoms with Crippen LogP contribution in [-0.4, -0.2) is 47.3 Å². The smallest absolute Gasteiger partial charge is 0.283 e. The fraction of sp³-hybridized carbons (Fsp3) is 0.154. The predicted octanol–water partition coefficient (Wildman–Crippen LogP) is 5.93. The zero-order valence-corrected chi connectivity index (χ0v) is 22.0. The molecule has 3 aromatic rings. The monoisotopic (exact) mass is 552 g/mol. The molecule has 37 heavy (non-hydrogen) atoms. The second-order valence-corrected chi connectivity index (χ2v) is 10.2. The Morgan fingerprint density at radius 2 is 1.89 bits per heavy atom. The fourth-order valence-corrected chi connectivity index (χ4v) is 5.32. The Hall–Kier alpha value is -3.60. The molecule has 1 aromatic heterocycles. The van der Waals surface area contributed by atoms with Gasteiger partial charge in [0.15, 0.2) is 17.3 Å². The molecule has 1 N–H and O–H groups in total. The number of carbonyl (C=O) groups is 1. The number of hydrogen-bond acceptors (Lipinski definition) is 8. The lowest BCUT2D eigenvalue weighted by atomic mass is 10.1. The van der Waals surface area contributed by atoms with Gasteiger partial charge in [-0.2, -0.15) is 15.1 Å². The first-order valence-corrected chi connectivity index (χ1v) is 13.3. The first kappa shape index (κ1) is 25.1. The maximum Gasteiger partial charge on any atom is 0.283 e. The molecule has 0 fully saturated rings. The number of halogens is 1. The molecule has 0 saturated heterocycles. The summed E-state index contributed by atoms with van der Waals surface area (Å²) >= 11 is 8.71. The number of methoxy groups -OCH3 is 1. The molecule has 8 nitrogen and oxygen atoms in total. The average molecular weight is 553 g/mol. The van der Waals surface area contributed by atoms with E-state index in [1.165, 1.54) is 16.8 Å². The predicted molar refractivity (Wildman–Crippen MR) is 148 cm³/mol. The van der Waals surface area contributed by atoms with Gasteiger partial charge in [0.2, 0.25) is 5.17 Å². The van der Waals surface area contributed by atoms with Crippen molar-refractivity contribution in [1.82, 2.24) is 5.01 Å². The summed E-state index contributed by atoms with van der Waals surface area (Å²) < 4.78 is 17.0. The number of nitrogens with zero attached hydrogens (tertiary/aromatic N) is 3. The Bertz CT molecular complexity index is 1420. The average Bonchev–Trinajstić information content (AvgIpc) is 3.58. The van der Waals surface area contributed by atoms with Gasteiger partial charge in [-0.3, -0.25) is 10.2 Å². The Morgan fingerprint density at radius 1 is 1.08 bits per heavy atom. The highest BCUT2D eigenvalue weighted by Gasteiger charge is 2.36. The van der Waals surface area contributed by atoms with Gasteiger partial charge >= 0.3 is 0 Å². The standard InChI is InChI=1S/C26H21ClN4O4S2/c1-33-21-15-16(5-10-20(21)35-12-3-11-34-18-8-6-17(27)7-9-18)14-19-23(28)31-26(29-24(19)32)37-25(30-31)22-4-2-13-36-22/h2,4-10,13-15,28H,3,11-12H2,1H3/b19-14-,28-23?. The van der Waals surface area contributed by atoms with Crippen molar-refractivity contribution in [2.45, 2.75) is 6.42 Å². The lowest BCUT2D eigenvalue weighted by Crippen LogP contribution is -2.35. The van der Waals surface area contributed by atoms with Gasteiger partial charge in [-0.05, 0) is 71.2 Å². The Labute approximate surface area is 226 Å². The highest BCUT2D eigenvalue weighted by atomic mass is 35.5. The van der Waals surface area contributed by atoms with Crippen LogP contribution < -0.4 is 14.2 Å². The highest BCUT2D eigenvalue weighted by molar-refractivity contribution is 8.27. The second-order valence-electron chi connectivity index (χ2n) is 7.82. The van der Waals surface area contributed by atoms with Gasteiger partial charge in [-0.1, -0.05) is 23.7 Å². The number of thiophene rings is 1. The van der Waals surface area contributed by atoms with Crippen LogP contribution in [0.2, 0.25) is 5.02 Å². The lowest BCUT2D eigenvalue weighted by Gasteiger charge is -2.20. The number of fused-ring (bicyclic) bond motifs is 1. The molecular formula is C26H21ClN4O4S2. The van der Waals surface area contributed by atoms with Crippen molar-refractivity contribution in [1.29, 1.82) is 5.41 Å². The molecule has 0 atom stereocenters. The van der Waals surface area contributed by atoms with Crippen LogP contribution in [0.5, 0.6) is 17.2 Å². The minimum absolute atomic E-state index is 0.0194. The molecule has 2 aliphatic rings. The molecule has 2 aliphatic heterocycles. The van der Waals surface area contributed by atoms with Crippen molar-refractivity contribution < 1.29 is 19.0 Å². The number of aliphatic imine (C=N–C) groups is 1. The van der Waals surface area contributed by atoms with Crippen LogP contribution in [0.25, 0.3) is 6.08 Å². The number of nitrogens with one attached hydrogen (secondary N) is 1. The van der Waals surface area contributed by atoms with Gasteiger partial charge < -0.3 is 14.2 Å². The number of benzene rings is 2. The van der Waals surface area contributed by atoms with E-state index in [0.29, 0.717) is 51.9 Å². The molecule has 1 amide bonds. The van der Waals surface area contributed by atoms with Gasteiger partial charge in [0.05, 0.1) is 30.8 Å². The Morgan fingerprint density at radius 3 is 2.65 bits per heavy atom. The summed E-state index contributed by atoms with van der Waals surface area (Å²) in [5.41, 5.74) is 0.826. The molecule has 0 radical (unpaired) electrons. The summed E-state index contributed by atoms with van der Waals surface area (Å²) in [5, 5.41) is 18.2. The first-order chi connectivity index (χ1) is 18.0. The quantitative estimate of drug-likeness (QED) is 0.261. The fourth-order valence-electron chi connectivity index (χ4n) is 3.51. The van der Waals surface area contributed by atoms with Crippen molar-refractivity contribution in [2.75, 3.05) is 20.3 Å². The van der Waals surface area contributed by atoms with Crippen LogP contribution in [0.3, 0.4) is 0 Å². The SMILES string of the molecule is COc1cc(/C=C2/C(=N)N3N=C(c4cccs4)SC3=NC2=O)ccc1OCCCOc1ccc(Cl)cc1. The number of carbonyl (C=O) groups excluding carboxylic acids is 1. The van der Waals surface area contributed by atoms with Gasteiger partial charge in [0.1, 0.15) is 10.8 Å². The van der Waals surface area contributed by atoms with E-state index in [1.807, 2.05) is 29.6 Å². The molecule has 0 aliphatic carbocycles. The minimum Gasteiger partial charge on any atom is -0.493 e. The Kier molecular flexibility index (Phi) is 7.59. The normalized spacial score (nSPS) is 15.9. The molecule has 3 heterocycles. The molecule has 0 saturated carbocycles. The summed E-state index contributed by atoms with van der Waals surface area (Å²) in [7, 11) is 1.55. The largest absolute Gasteiger partial charge is 0.493 e. The highest BCUT2D eigenvalue weighted by Crippen LogP contribution is 2.33. The van der Waals surface area contributed by atoms with E-state index < -0.39 is 5.91 Å². The van der Waals surface area contributed by atoms with Crippen LogP contribution in [-0.2, 0) is 4.79 Å². The third kappa shape index (κ3) is 5.71. The van der Waals surface area contributed by atoms with Crippen LogP contribution in [0.1, 0.15) is 16.9 Å². The molecule has 11 heteroatoms. The molecule has 2 aromatic carbocycles. The van der Waals surface area contributed by atoms with Crippen molar-refractivity contribution in [3.05, 3.63) is 81.0 Å². The summed E-state index contributed by atoms with van der Waals surface area (Å²) in [4.78, 5) is 17.8. The number of amides is 1. The van der Waals surface area contributed by atoms with Crippen LogP contribution in [0.4, 0.5) is 0 Å². The molecular weight excluding hydrogens is 532 g/mol. The van der Waals surface area contributed by atoms with E-state index in [9.17, 15) is 4.79 Å². The third-order valence-electron chi connectivity index (χ3n) is 5.31. The number of thioether (sulfide) groups is 1. The number of ether oxygens (including phenoxy) is 3. The number of amidine groups is 2. The molecule has 5 rings (SSSR count). The van der Waals surface area contributed by atoms with Crippen molar-refractivity contribution >= 4 is 62.7 Å². The minimum atomic E-state index is -0.480. The summed E-state index contributed by atoms with van der Waals surface area (Å²) in [6, 6.07) is 16.4. The van der Waals surface area contributed by atoms with E-state index in [4.69, 9.17) is 31.2 Å². The Balaban J connectivity index is 1.23.